The molecule has 4 N–H and O–H groups in total. The van der Waals surface area contributed by atoms with Gasteiger partial charge < -0.3 is 20.9 Å². The first kappa shape index (κ1) is 26.0. The lowest BCUT2D eigenvalue weighted by Gasteiger charge is -2.16. The van der Waals surface area contributed by atoms with E-state index in [-0.39, 0.29) is 22.4 Å². The second kappa shape index (κ2) is 10.7. The molecule has 3 aromatic rings. The molecule has 0 aliphatic carbocycles. The molecular weight excluding hydrogens is 491 g/mol. The third-order valence-corrected chi connectivity index (χ3v) is 5.90. The van der Waals surface area contributed by atoms with E-state index in [0.717, 1.165) is 28.6 Å². The van der Waals surface area contributed by atoms with Crippen LogP contribution in [-0.2, 0) is 16.1 Å². The summed E-state index contributed by atoms with van der Waals surface area (Å²) in [6.45, 7) is 1.18. The summed E-state index contributed by atoms with van der Waals surface area (Å²) >= 11 is 1.12. The molecule has 10 nitrogen and oxygen atoms in total. The molecule has 1 heterocycles. The predicted molar refractivity (Wildman–Crippen MR) is 120 cm³/mol. The highest BCUT2D eigenvalue weighted by Gasteiger charge is 2.31. The molecule has 0 saturated carbocycles. The van der Waals surface area contributed by atoms with Crippen LogP contribution in [-0.4, -0.2) is 50.1 Å². The minimum absolute atomic E-state index is 0.0583. The molecule has 1 aromatic heterocycles. The quantitative estimate of drug-likeness (QED) is 0.367. The Morgan fingerprint density at radius 3 is 2.54 bits per heavy atom. The van der Waals surface area contributed by atoms with Gasteiger partial charge in [0.2, 0.25) is 5.91 Å². The molecule has 2 atom stereocenters. The molecule has 0 saturated heterocycles. The Morgan fingerprint density at radius 1 is 1.23 bits per heavy atom. The van der Waals surface area contributed by atoms with Gasteiger partial charge in [0.25, 0.3) is 5.56 Å². The van der Waals surface area contributed by atoms with Gasteiger partial charge in [0.1, 0.15) is 23.9 Å². The maximum absolute atomic E-state index is 12.8. The van der Waals surface area contributed by atoms with Crippen LogP contribution in [0.2, 0.25) is 0 Å². The van der Waals surface area contributed by atoms with E-state index in [2.05, 4.69) is 20.4 Å². The second-order valence-corrected chi connectivity index (χ2v) is 8.43. The number of nitrogens with two attached hydrogens (primary N) is 1. The fourth-order valence-corrected chi connectivity index (χ4v) is 3.98. The lowest BCUT2D eigenvalue weighted by molar-refractivity contribution is -0.274. The number of hydrogen-bond acceptors (Lipinski definition) is 8. The molecule has 2 aromatic carbocycles. The maximum atomic E-state index is 12.8. The van der Waals surface area contributed by atoms with Crippen LogP contribution in [0.3, 0.4) is 0 Å². The number of aliphatic carboxylic acids is 1. The highest BCUT2D eigenvalue weighted by Crippen LogP contribution is 2.25. The summed E-state index contributed by atoms with van der Waals surface area (Å²) < 4.78 is 41.5. The van der Waals surface area contributed by atoms with Gasteiger partial charge in [-0.15, -0.1) is 30.0 Å². The summed E-state index contributed by atoms with van der Waals surface area (Å²) in [5.41, 5.74) is 5.72. The number of nitrogens with zero attached hydrogens (tertiary/aromatic N) is 3. The van der Waals surface area contributed by atoms with Crippen molar-refractivity contribution < 1.29 is 32.6 Å². The van der Waals surface area contributed by atoms with Crippen molar-refractivity contribution in [2.24, 2.45) is 5.73 Å². The van der Waals surface area contributed by atoms with E-state index in [9.17, 15) is 27.6 Å². The predicted octanol–water partition coefficient (Wildman–Crippen LogP) is 2.07. The number of thioether (sulfide) groups is 1. The van der Waals surface area contributed by atoms with Gasteiger partial charge in [-0.1, -0.05) is 23.4 Å². The van der Waals surface area contributed by atoms with Crippen LogP contribution < -0.4 is 21.3 Å². The zero-order valence-corrected chi connectivity index (χ0v) is 19.0. The van der Waals surface area contributed by atoms with E-state index in [1.807, 2.05) is 0 Å². The van der Waals surface area contributed by atoms with Crippen LogP contribution in [0.25, 0.3) is 10.9 Å². The number of carboxylic acid groups (broad SMARTS) is 1. The zero-order chi connectivity index (χ0) is 25.8. The molecule has 0 aliphatic rings. The minimum Gasteiger partial charge on any atom is -0.480 e. The number of hydrogen-bond donors (Lipinski definition) is 3. The number of nitrogens with one attached hydrogen (secondary N) is 1. The van der Waals surface area contributed by atoms with Gasteiger partial charge in [-0.2, -0.15) is 0 Å². The Labute approximate surface area is 200 Å². The zero-order valence-electron chi connectivity index (χ0n) is 18.2. The van der Waals surface area contributed by atoms with Crippen molar-refractivity contribution in [2.45, 2.75) is 36.8 Å². The molecule has 0 radical (unpaired) electrons. The highest BCUT2D eigenvalue weighted by atomic mass is 32.2. The maximum Gasteiger partial charge on any atom is 0.573 e. The van der Waals surface area contributed by atoms with E-state index >= 15 is 0 Å². The largest absolute Gasteiger partial charge is 0.573 e. The molecule has 3 rings (SSSR count). The van der Waals surface area contributed by atoms with Crippen LogP contribution in [0.1, 0.15) is 18.5 Å². The van der Waals surface area contributed by atoms with Crippen molar-refractivity contribution in [2.75, 3.05) is 5.75 Å². The molecule has 35 heavy (non-hydrogen) atoms. The van der Waals surface area contributed by atoms with Crippen molar-refractivity contribution in [1.29, 1.82) is 0 Å². The molecule has 0 spiro atoms. The summed E-state index contributed by atoms with van der Waals surface area (Å²) in [6, 6.07) is 8.10. The standard InChI is InChI=1S/C21H20F3N5O5S/c1-11(12-5-7-13(8-6-12)34-21(22,23)24)26-17(30)9-29-19(31)14-3-2-4-16(18(14)27-28-29)35-10-15(25)20(32)33/h2-8,11,15H,9-10,25H2,1H3,(H,26,30)(H,32,33). The van der Waals surface area contributed by atoms with Gasteiger partial charge in [0.15, 0.2) is 0 Å². The van der Waals surface area contributed by atoms with E-state index in [1.165, 1.54) is 18.2 Å². The summed E-state index contributed by atoms with van der Waals surface area (Å²) in [6.07, 6.45) is -4.81. The van der Waals surface area contributed by atoms with Gasteiger partial charge in [0.05, 0.1) is 11.4 Å². The van der Waals surface area contributed by atoms with Crippen molar-refractivity contribution in [3.8, 4) is 5.75 Å². The third-order valence-electron chi connectivity index (χ3n) is 4.74. The van der Waals surface area contributed by atoms with Crippen molar-refractivity contribution >= 4 is 34.5 Å². The van der Waals surface area contributed by atoms with Crippen LogP contribution in [0.4, 0.5) is 13.2 Å². The van der Waals surface area contributed by atoms with Crippen LogP contribution in [0.15, 0.2) is 52.2 Å². The van der Waals surface area contributed by atoms with Crippen molar-refractivity contribution in [1.82, 2.24) is 20.3 Å². The molecule has 1 amide bonds. The first-order chi connectivity index (χ1) is 16.4. The average Bonchev–Trinajstić information content (AvgIpc) is 2.78. The Bertz CT molecular complexity index is 1280. The number of amides is 1. The van der Waals surface area contributed by atoms with E-state index in [1.54, 1.807) is 19.1 Å². The normalized spacial score (nSPS) is 13.3. The minimum atomic E-state index is -4.81. The molecule has 0 bridgehead atoms. The van der Waals surface area contributed by atoms with Gasteiger partial charge in [-0.3, -0.25) is 14.4 Å². The summed E-state index contributed by atoms with van der Waals surface area (Å²) in [5.74, 6) is -2.05. The number of halogens is 3. The Hall–Kier alpha value is -3.65. The van der Waals surface area contributed by atoms with Crippen LogP contribution in [0, 0.1) is 0 Å². The van der Waals surface area contributed by atoms with Gasteiger partial charge in [-0.05, 0) is 36.8 Å². The lowest BCUT2D eigenvalue weighted by atomic mass is 10.1. The number of carboxylic acids is 1. The smallest absolute Gasteiger partial charge is 0.480 e. The second-order valence-electron chi connectivity index (χ2n) is 7.37. The monoisotopic (exact) mass is 511 g/mol. The SMILES string of the molecule is CC(NC(=O)Cn1nnc2c(SCC(N)C(=O)O)cccc2c1=O)c1ccc(OC(F)(F)F)cc1. The number of ether oxygens (including phenoxy) is 1. The van der Waals surface area contributed by atoms with Gasteiger partial charge >= 0.3 is 12.3 Å². The summed E-state index contributed by atoms with van der Waals surface area (Å²) in [7, 11) is 0. The molecule has 186 valence electrons. The fourth-order valence-electron chi connectivity index (χ4n) is 3.01. The average molecular weight is 511 g/mol. The molecule has 2 unspecified atom stereocenters. The Balaban J connectivity index is 1.69. The number of fused-ring (bicyclic) bond motifs is 1. The highest BCUT2D eigenvalue weighted by molar-refractivity contribution is 7.99. The first-order valence-electron chi connectivity index (χ1n) is 10.1. The molecule has 14 heteroatoms. The van der Waals surface area contributed by atoms with E-state index < -0.39 is 42.4 Å². The van der Waals surface area contributed by atoms with Crippen molar-refractivity contribution in [3.05, 3.63) is 58.4 Å². The topological polar surface area (TPSA) is 149 Å². The van der Waals surface area contributed by atoms with Crippen LogP contribution >= 0.6 is 11.8 Å². The number of aromatic nitrogens is 3. The number of rotatable bonds is 9. The molecule has 0 aliphatic heterocycles. The van der Waals surface area contributed by atoms with Gasteiger partial charge in [0, 0.05) is 10.6 Å². The number of carbonyl (C=O) groups excluding carboxylic acids is 1. The first-order valence-corrected chi connectivity index (χ1v) is 11.1. The van der Waals surface area contributed by atoms with Crippen molar-refractivity contribution in [3.63, 3.8) is 0 Å². The van der Waals surface area contributed by atoms with Gasteiger partial charge in [-0.25, -0.2) is 4.68 Å². The van der Waals surface area contributed by atoms with E-state index in [4.69, 9.17) is 10.8 Å². The molecular formula is C21H20F3N5O5S. The fraction of sp³-hybridized carbons (Fsp3) is 0.286. The number of carbonyl (C=O) groups is 2. The Morgan fingerprint density at radius 2 is 1.91 bits per heavy atom. The van der Waals surface area contributed by atoms with Crippen LogP contribution in [0.5, 0.6) is 5.75 Å². The lowest BCUT2D eigenvalue weighted by Crippen LogP contribution is -2.35. The Kier molecular flexibility index (Phi) is 7.96. The third kappa shape index (κ3) is 6.93. The number of alkyl halides is 3. The summed E-state index contributed by atoms with van der Waals surface area (Å²) in [4.78, 5) is 36.7. The number of benzene rings is 2. The summed E-state index contributed by atoms with van der Waals surface area (Å²) in [5, 5.41) is 19.6. The molecule has 0 fully saturated rings. The van der Waals surface area contributed by atoms with E-state index in [0.29, 0.717) is 10.5 Å².